The molecule has 0 fully saturated rings. The average Bonchev–Trinajstić information content (AvgIpc) is 2.50. The zero-order valence-corrected chi connectivity index (χ0v) is 15.0. The molecule has 1 rings (SSSR count). The third kappa shape index (κ3) is 6.40. The van der Waals surface area contributed by atoms with Gasteiger partial charge in [0.1, 0.15) is 0 Å². The summed E-state index contributed by atoms with van der Waals surface area (Å²) >= 11 is 0. The molecule has 1 aromatic carbocycles. The van der Waals surface area contributed by atoms with E-state index >= 15 is 0 Å². The van der Waals surface area contributed by atoms with Crippen molar-refractivity contribution in [2.75, 3.05) is 25.4 Å². The maximum Gasteiger partial charge on any atom is 0.341 e. The van der Waals surface area contributed by atoms with Gasteiger partial charge in [-0.3, -0.25) is 14.9 Å². The molecule has 0 aliphatic rings. The van der Waals surface area contributed by atoms with E-state index in [4.69, 9.17) is 10.5 Å². The van der Waals surface area contributed by atoms with E-state index in [2.05, 4.69) is 0 Å². The molecule has 0 aromatic heterocycles. The number of esters is 1. The highest BCUT2D eigenvalue weighted by Gasteiger charge is 2.21. The highest BCUT2D eigenvalue weighted by molar-refractivity contribution is 5.97. The number of nitrogens with two attached hydrogens (primary N) is 1. The Bertz CT molecular complexity index is 633. The SMILES string of the molecule is CC(C)CN(CC(C)C)C(=O)COC(=O)c1cc([N+](=O)[O-])ccc1N. The number of ether oxygens (including phenoxy) is 1. The molecule has 1 aromatic rings. The Morgan fingerprint density at radius 3 is 2.24 bits per heavy atom. The molecule has 8 heteroatoms. The van der Waals surface area contributed by atoms with Crippen molar-refractivity contribution in [3.8, 4) is 0 Å². The van der Waals surface area contributed by atoms with Crippen LogP contribution in [0.3, 0.4) is 0 Å². The topological polar surface area (TPSA) is 116 Å². The number of rotatable bonds is 8. The van der Waals surface area contributed by atoms with Crippen LogP contribution in [0.25, 0.3) is 0 Å². The number of hydrogen-bond donors (Lipinski definition) is 1. The summed E-state index contributed by atoms with van der Waals surface area (Å²) in [6.45, 7) is 8.68. The van der Waals surface area contributed by atoms with Crippen LogP contribution in [-0.2, 0) is 9.53 Å². The van der Waals surface area contributed by atoms with Crippen LogP contribution in [0.4, 0.5) is 11.4 Å². The molecule has 138 valence electrons. The second-order valence-electron chi connectivity index (χ2n) is 6.69. The van der Waals surface area contributed by atoms with Gasteiger partial charge in [0, 0.05) is 30.9 Å². The van der Waals surface area contributed by atoms with Crippen molar-refractivity contribution in [1.29, 1.82) is 0 Å². The Balaban J connectivity index is 2.78. The molecular weight excluding hydrogens is 326 g/mol. The fraction of sp³-hybridized carbons (Fsp3) is 0.529. The minimum absolute atomic E-state index is 0.0595. The Labute approximate surface area is 147 Å². The molecule has 0 saturated heterocycles. The zero-order valence-electron chi connectivity index (χ0n) is 15.0. The summed E-state index contributed by atoms with van der Waals surface area (Å²) in [5, 5.41) is 10.8. The van der Waals surface area contributed by atoms with Gasteiger partial charge in [-0.25, -0.2) is 4.79 Å². The van der Waals surface area contributed by atoms with Crippen molar-refractivity contribution in [3.63, 3.8) is 0 Å². The molecule has 2 N–H and O–H groups in total. The molecular formula is C17H25N3O5. The number of carbonyl (C=O) groups excluding carboxylic acids is 2. The van der Waals surface area contributed by atoms with Crippen LogP contribution in [0.5, 0.6) is 0 Å². The number of carbonyl (C=O) groups is 2. The lowest BCUT2D eigenvalue weighted by Gasteiger charge is -2.26. The highest BCUT2D eigenvalue weighted by atomic mass is 16.6. The van der Waals surface area contributed by atoms with Gasteiger partial charge in [0.2, 0.25) is 0 Å². The first-order valence-electron chi connectivity index (χ1n) is 8.10. The van der Waals surface area contributed by atoms with Crippen molar-refractivity contribution < 1.29 is 19.2 Å². The lowest BCUT2D eigenvalue weighted by molar-refractivity contribution is -0.384. The maximum absolute atomic E-state index is 12.3. The van der Waals surface area contributed by atoms with Crippen LogP contribution in [0, 0.1) is 22.0 Å². The number of nitro groups is 1. The maximum atomic E-state index is 12.3. The molecule has 0 radical (unpaired) electrons. The summed E-state index contributed by atoms with van der Waals surface area (Å²) in [7, 11) is 0. The second kappa shape index (κ2) is 9.00. The van der Waals surface area contributed by atoms with Crippen molar-refractivity contribution in [2.24, 2.45) is 11.8 Å². The number of non-ortho nitro benzene ring substituents is 1. The van der Waals surface area contributed by atoms with E-state index < -0.39 is 17.5 Å². The number of anilines is 1. The first kappa shape index (κ1) is 20.4. The van der Waals surface area contributed by atoms with E-state index in [-0.39, 0.29) is 34.7 Å². The quantitative estimate of drug-likeness (QED) is 0.333. The Hall–Kier alpha value is -2.64. The van der Waals surface area contributed by atoms with Crippen molar-refractivity contribution >= 4 is 23.3 Å². The first-order valence-corrected chi connectivity index (χ1v) is 8.10. The lowest BCUT2D eigenvalue weighted by Crippen LogP contribution is -2.39. The molecule has 8 nitrogen and oxygen atoms in total. The second-order valence-corrected chi connectivity index (χ2v) is 6.69. The molecule has 0 heterocycles. The van der Waals surface area contributed by atoms with Crippen LogP contribution in [0.15, 0.2) is 18.2 Å². The molecule has 1 amide bonds. The molecule has 0 atom stereocenters. The molecule has 0 aliphatic heterocycles. The van der Waals surface area contributed by atoms with Crippen LogP contribution < -0.4 is 5.73 Å². The van der Waals surface area contributed by atoms with Crippen molar-refractivity contribution in [1.82, 2.24) is 4.90 Å². The Morgan fingerprint density at radius 2 is 1.76 bits per heavy atom. The van der Waals surface area contributed by atoms with Gasteiger partial charge < -0.3 is 15.4 Å². The standard InChI is InChI=1S/C17H25N3O5/c1-11(2)8-19(9-12(3)4)16(21)10-25-17(22)14-7-13(20(23)24)5-6-15(14)18/h5-7,11-12H,8-10,18H2,1-4H3. The number of nitrogen functional groups attached to an aromatic ring is 1. The smallest absolute Gasteiger partial charge is 0.341 e. The van der Waals surface area contributed by atoms with E-state index in [1.54, 1.807) is 4.90 Å². The monoisotopic (exact) mass is 351 g/mol. The number of nitro benzene ring substituents is 1. The zero-order chi connectivity index (χ0) is 19.1. The summed E-state index contributed by atoms with van der Waals surface area (Å²) in [5.41, 5.74) is 5.34. The summed E-state index contributed by atoms with van der Waals surface area (Å²) < 4.78 is 5.02. The van der Waals surface area contributed by atoms with Crippen LogP contribution >= 0.6 is 0 Å². The minimum Gasteiger partial charge on any atom is -0.452 e. The lowest BCUT2D eigenvalue weighted by atomic mass is 10.1. The fourth-order valence-electron chi connectivity index (χ4n) is 2.29. The average molecular weight is 351 g/mol. The van der Waals surface area contributed by atoms with Gasteiger partial charge >= 0.3 is 5.97 Å². The van der Waals surface area contributed by atoms with Gasteiger partial charge in [-0.15, -0.1) is 0 Å². The van der Waals surface area contributed by atoms with Gasteiger partial charge in [0.25, 0.3) is 11.6 Å². The molecule has 0 saturated carbocycles. The third-order valence-corrected chi connectivity index (χ3v) is 3.32. The third-order valence-electron chi connectivity index (χ3n) is 3.32. The molecule has 0 unspecified atom stereocenters. The number of hydrogen-bond acceptors (Lipinski definition) is 6. The minimum atomic E-state index is -0.858. The van der Waals surface area contributed by atoms with Gasteiger partial charge in [0.15, 0.2) is 6.61 Å². The van der Waals surface area contributed by atoms with Crippen LogP contribution in [-0.4, -0.2) is 41.4 Å². The number of amides is 1. The summed E-state index contributed by atoms with van der Waals surface area (Å²) in [4.78, 5) is 36.3. The van der Waals surface area contributed by atoms with E-state index in [0.717, 1.165) is 6.07 Å². The Kier molecular flexibility index (Phi) is 7.35. The Morgan fingerprint density at radius 1 is 1.20 bits per heavy atom. The predicted molar refractivity (Wildman–Crippen MR) is 94.0 cm³/mol. The summed E-state index contributed by atoms with van der Waals surface area (Å²) in [5.74, 6) is -0.597. The van der Waals surface area contributed by atoms with Gasteiger partial charge in [-0.2, -0.15) is 0 Å². The molecule has 25 heavy (non-hydrogen) atoms. The fourth-order valence-corrected chi connectivity index (χ4v) is 2.29. The molecule has 0 aliphatic carbocycles. The predicted octanol–water partition coefficient (Wildman–Crippen LogP) is 2.47. The van der Waals surface area contributed by atoms with Crippen LogP contribution in [0.2, 0.25) is 0 Å². The summed E-state index contributed by atoms with van der Waals surface area (Å²) in [6, 6.07) is 3.51. The van der Waals surface area contributed by atoms with Crippen molar-refractivity contribution in [2.45, 2.75) is 27.7 Å². The first-order chi connectivity index (χ1) is 11.6. The highest BCUT2D eigenvalue weighted by Crippen LogP contribution is 2.20. The van der Waals surface area contributed by atoms with Crippen LogP contribution in [0.1, 0.15) is 38.1 Å². The van der Waals surface area contributed by atoms with E-state index in [1.807, 2.05) is 27.7 Å². The van der Waals surface area contributed by atoms with Gasteiger partial charge in [0.05, 0.1) is 10.5 Å². The van der Waals surface area contributed by atoms with E-state index in [0.29, 0.717) is 13.1 Å². The van der Waals surface area contributed by atoms with E-state index in [1.165, 1.54) is 12.1 Å². The van der Waals surface area contributed by atoms with Crippen molar-refractivity contribution in [3.05, 3.63) is 33.9 Å². The van der Waals surface area contributed by atoms with Gasteiger partial charge in [-0.05, 0) is 17.9 Å². The molecule has 0 bridgehead atoms. The number of benzene rings is 1. The normalized spacial score (nSPS) is 10.8. The number of nitrogens with zero attached hydrogens (tertiary/aromatic N) is 2. The van der Waals surface area contributed by atoms with E-state index in [9.17, 15) is 19.7 Å². The molecule has 0 spiro atoms. The summed E-state index contributed by atoms with van der Waals surface area (Å²) in [6.07, 6.45) is 0. The largest absolute Gasteiger partial charge is 0.452 e. The van der Waals surface area contributed by atoms with Gasteiger partial charge in [-0.1, -0.05) is 27.7 Å².